The van der Waals surface area contributed by atoms with E-state index in [-0.39, 0.29) is 5.78 Å². The van der Waals surface area contributed by atoms with E-state index in [2.05, 4.69) is 53.4 Å². The molecule has 0 N–H and O–H groups in total. The standard InChI is InChI=1S/C29H25NO2/c31-29(24-14-8-3-9-15-24)28-26(23-12-6-2-7-13-23)20-25(22-10-4-1-5-11-22)21-27(28)30-16-18-32-19-17-30/h1-15,20-21H,16-19H2. The fourth-order valence-corrected chi connectivity index (χ4v) is 4.30. The van der Waals surface area contributed by atoms with Gasteiger partial charge in [-0.15, -0.1) is 0 Å². The summed E-state index contributed by atoms with van der Waals surface area (Å²) >= 11 is 0. The first-order valence-electron chi connectivity index (χ1n) is 11.0. The Balaban J connectivity index is 1.78. The quantitative estimate of drug-likeness (QED) is 0.367. The highest BCUT2D eigenvalue weighted by atomic mass is 16.5. The number of carbonyl (C=O) groups is 1. The number of nitrogens with zero attached hydrogens (tertiary/aromatic N) is 1. The van der Waals surface area contributed by atoms with Crippen molar-refractivity contribution in [1.82, 2.24) is 0 Å². The predicted octanol–water partition coefficient (Wildman–Crippen LogP) is 6.09. The van der Waals surface area contributed by atoms with Gasteiger partial charge in [0.15, 0.2) is 5.78 Å². The smallest absolute Gasteiger partial charge is 0.195 e. The van der Waals surface area contributed by atoms with E-state index in [0.29, 0.717) is 18.8 Å². The van der Waals surface area contributed by atoms with Crippen LogP contribution < -0.4 is 4.90 Å². The van der Waals surface area contributed by atoms with Crippen molar-refractivity contribution in [1.29, 1.82) is 0 Å². The molecule has 1 fully saturated rings. The Kier molecular flexibility index (Phi) is 5.82. The Morgan fingerprint density at radius 1 is 0.656 bits per heavy atom. The Morgan fingerprint density at radius 3 is 1.84 bits per heavy atom. The topological polar surface area (TPSA) is 29.5 Å². The first-order valence-corrected chi connectivity index (χ1v) is 11.0. The van der Waals surface area contributed by atoms with Gasteiger partial charge in [-0.05, 0) is 34.4 Å². The van der Waals surface area contributed by atoms with E-state index in [9.17, 15) is 4.79 Å². The summed E-state index contributed by atoms with van der Waals surface area (Å²) in [5.74, 6) is 0.0468. The van der Waals surface area contributed by atoms with Crippen molar-refractivity contribution in [2.75, 3.05) is 31.2 Å². The van der Waals surface area contributed by atoms with E-state index in [1.165, 1.54) is 0 Å². The van der Waals surface area contributed by atoms with Crippen LogP contribution in [0.5, 0.6) is 0 Å². The van der Waals surface area contributed by atoms with Crippen LogP contribution in [-0.2, 0) is 4.74 Å². The molecule has 1 aliphatic heterocycles. The fraction of sp³-hybridized carbons (Fsp3) is 0.138. The maximum atomic E-state index is 13.9. The molecule has 4 aromatic carbocycles. The average Bonchev–Trinajstić information content (AvgIpc) is 2.89. The van der Waals surface area contributed by atoms with Gasteiger partial charge in [0, 0.05) is 24.3 Å². The van der Waals surface area contributed by atoms with Gasteiger partial charge in [-0.2, -0.15) is 0 Å². The molecule has 0 bridgehead atoms. The van der Waals surface area contributed by atoms with Crippen molar-refractivity contribution in [2.24, 2.45) is 0 Å². The van der Waals surface area contributed by atoms with Crippen LogP contribution in [0, 0.1) is 0 Å². The van der Waals surface area contributed by atoms with Gasteiger partial charge in [-0.3, -0.25) is 4.79 Å². The van der Waals surface area contributed by atoms with Gasteiger partial charge in [-0.1, -0.05) is 91.0 Å². The summed E-state index contributed by atoms with van der Waals surface area (Å²) in [6.45, 7) is 2.85. The van der Waals surface area contributed by atoms with Crippen LogP contribution in [0.3, 0.4) is 0 Å². The van der Waals surface area contributed by atoms with Crippen molar-refractivity contribution >= 4 is 11.5 Å². The number of hydrogen-bond donors (Lipinski definition) is 0. The van der Waals surface area contributed by atoms with Crippen LogP contribution in [0.15, 0.2) is 103 Å². The van der Waals surface area contributed by atoms with Crippen LogP contribution in [-0.4, -0.2) is 32.1 Å². The number of anilines is 1. The number of carbonyl (C=O) groups excluding carboxylic acids is 1. The highest BCUT2D eigenvalue weighted by molar-refractivity contribution is 6.17. The van der Waals surface area contributed by atoms with Crippen LogP contribution in [0.4, 0.5) is 5.69 Å². The minimum absolute atomic E-state index is 0.0468. The molecule has 1 heterocycles. The Morgan fingerprint density at radius 2 is 1.22 bits per heavy atom. The molecule has 158 valence electrons. The SMILES string of the molecule is O=C(c1ccccc1)c1c(-c2ccccc2)cc(-c2ccccc2)cc1N1CCOCC1. The van der Waals surface area contributed by atoms with Crippen LogP contribution in [0.1, 0.15) is 15.9 Å². The van der Waals surface area contributed by atoms with E-state index in [1.807, 2.05) is 54.6 Å². The minimum atomic E-state index is 0.0468. The Labute approximate surface area is 188 Å². The largest absolute Gasteiger partial charge is 0.378 e. The third-order valence-corrected chi connectivity index (χ3v) is 5.92. The summed E-state index contributed by atoms with van der Waals surface area (Å²) < 4.78 is 5.61. The summed E-state index contributed by atoms with van der Waals surface area (Å²) in [5, 5.41) is 0. The van der Waals surface area contributed by atoms with Gasteiger partial charge >= 0.3 is 0 Å². The number of benzene rings is 4. The molecule has 0 aliphatic carbocycles. The van der Waals surface area contributed by atoms with Crippen molar-refractivity contribution < 1.29 is 9.53 Å². The molecule has 0 unspecified atom stereocenters. The van der Waals surface area contributed by atoms with E-state index < -0.39 is 0 Å². The van der Waals surface area contributed by atoms with E-state index >= 15 is 0 Å². The van der Waals surface area contributed by atoms with E-state index in [1.54, 1.807) is 0 Å². The number of rotatable bonds is 5. The van der Waals surface area contributed by atoms with E-state index in [0.717, 1.165) is 46.6 Å². The molecule has 32 heavy (non-hydrogen) atoms. The first kappa shape index (κ1) is 20.2. The lowest BCUT2D eigenvalue weighted by Gasteiger charge is -2.32. The molecular weight excluding hydrogens is 394 g/mol. The van der Waals surface area contributed by atoms with Gasteiger partial charge < -0.3 is 9.64 Å². The second-order valence-electron chi connectivity index (χ2n) is 7.94. The highest BCUT2D eigenvalue weighted by Gasteiger charge is 2.25. The lowest BCUT2D eigenvalue weighted by molar-refractivity contribution is 0.103. The maximum absolute atomic E-state index is 13.9. The third kappa shape index (κ3) is 4.08. The molecule has 5 rings (SSSR count). The molecule has 0 saturated carbocycles. The maximum Gasteiger partial charge on any atom is 0.195 e. The zero-order valence-electron chi connectivity index (χ0n) is 17.9. The second-order valence-corrected chi connectivity index (χ2v) is 7.94. The molecule has 0 atom stereocenters. The van der Waals surface area contributed by atoms with Gasteiger partial charge in [-0.25, -0.2) is 0 Å². The summed E-state index contributed by atoms with van der Waals surface area (Å²) in [6.07, 6.45) is 0. The molecule has 3 nitrogen and oxygen atoms in total. The summed E-state index contributed by atoms with van der Waals surface area (Å²) in [6, 6.07) is 34.5. The number of ketones is 1. The van der Waals surface area contributed by atoms with Crippen LogP contribution in [0.25, 0.3) is 22.3 Å². The number of hydrogen-bond acceptors (Lipinski definition) is 3. The van der Waals surface area contributed by atoms with Crippen molar-refractivity contribution in [3.63, 3.8) is 0 Å². The molecule has 1 saturated heterocycles. The highest BCUT2D eigenvalue weighted by Crippen LogP contribution is 2.38. The fourth-order valence-electron chi connectivity index (χ4n) is 4.30. The van der Waals surface area contributed by atoms with Crippen molar-refractivity contribution in [3.05, 3.63) is 114 Å². The van der Waals surface area contributed by atoms with Gasteiger partial charge in [0.25, 0.3) is 0 Å². The molecule has 0 radical (unpaired) electrons. The summed E-state index contributed by atoms with van der Waals surface area (Å²) in [5.41, 5.74) is 6.67. The zero-order valence-corrected chi connectivity index (χ0v) is 17.9. The van der Waals surface area contributed by atoms with E-state index in [4.69, 9.17) is 4.74 Å². The van der Waals surface area contributed by atoms with Gasteiger partial charge in [0.2, 0.25) is 0 Å². The second kappa shape index (κ2) is 9.21. The zero-order chi connectivity index (χ0) is 21.8. The summed E-state index contributed by atoms with van der Waals surface area (Å²) in [7, 11) is 0. The summed E-state index contributed by atoms with van der Waals surface area (Å²) in [4.78, 5) is 16.2. The predicted molar refractivity (Wildman–Crippen MR) is 130 cm³/mol. The van der Waals surface area contributed by atoms with Crippen LogP contribution >= 0.6 is 0 Å². The Hall–Kier alpha value is -3.69. The lowest BCUT2D eigenvalue weighted by atomic mass is 9.88. The van der Waals surface area contributed by atoms with Gasteiger partial charge in [0.1, 0.15) is 0 Å². The Bertz CT molecular complexity index is 1200. The van der Waals surface area contributed by atoms with Crippen LogP contribution in [0.2, 0.25) is 0 Å². The molecule has 4 aromatic rings. The third-order valence-electron chi connectivity index (χ3n) is 5.92. The molecule has 0 spiro atoms. The lowest BCUT2D eigenvalue weighted by Crippen LogP contribution is -2.37. The number of ether oxygens (including phenoxy) is 1. The first-order chi connectivity index (χ1) is 15.8. The van der Waals surface area contributed by atoms with Gasteiger partial charge in [0.05, 0.1) is 18.8 Å². The van der Waals surface area contributed by atoms with Crippen molar-refractivity contribution in [3.8, 4) is 22.3 Å². The molecule has 0 amide bonds. The molecule has 3 heteroatoms. The monoisotopic (exact) mass is 419 g/mol. The number of morpholine rings is 1. The molecule has 0 aromatic heterocycles. The molecular formula is C29H25NO2. The normalized spacial score (nSPS) is 13.7. The average molecular weight is 420 g/mol. The molecule has 1 aliphatic rings. The van der Waals surface area contributed by atoms with Crippen molar-refractivity contribution in [2.45, 2.75) is 0 Å². The minimum Gasteiger partial charge on any atom is -0.378 e.